The molecule has 4 heteroatoms. The first kappa shape index (κ1) is 12.5. The Kier molecular flexibility index (Phi) is 3.71. The van der Waals surface area contributed by atoms with E-state index in [1.807, 2.05) is 12.1 Å². The maximum absolute atomic E-state index is 6.26. The molecule has 1 aliphatic heterocycles. The molecule has 1 saturated heterocycles. The normalized spacial score (nSPS) is 20.8. The molecule has 100 valence electrons. The fourth-order valence-corrected chi connectivity index (χ4v) is 2.62. The van der Waals surface area contributed by atoms with E-state index < -0.39 is 0 Å². The predicted molar refractivity (Wildman–Crippen MR) is 74.7 cm³/mol. The number of hydrogen-bond donors (Lipinski definition) is 1. The number of ether oxygens (including phenoxy) is 1. The molecule has 19 heavy (non-hydrogen) atoms. The summed E-state index contributed by atoms with van der Waals surface area (Å²) in [5, 5.41) is 0. The van der Waals surface area contributed by atoms with E-state index in [0.29, 0.717) is 6.10 Å². The molecule has 0 saturated carbocycles. The third-order valence-electron chi connectivity index (χ3n) is 3.75. The summed E-state index contributed by atoms with van der Waals surface area (Å²) >= 11 is 0. The molecule has 0 bridgehead atoms. The van der Waals surface area contributed by atoms with Crippen LogP contribution >= 0.6 is 0 Å². The van der Waals surface area contributed by atoms with Crippen LogP contribution in [-0.4, -0.2) is 22.7 Å². The van der Waals surface area contributed by atoms with Crippen molar-refractivity contribution in [2.75, 3.05) is 6.61 Å². The van der Waals surface area contributed by atoms with E-state index in [1.165, 1.54) is 12.8 Å². The maximum Gasteiger partial charge on any atom is 0.0890 e. The summed E-state index contributed by atoms with van der Waals surface area (Å²) in [7, 11) is 0. The molecule has 3 rings (SSSR count). The minimum atomic E-state index is 0.0515. The Bertz CT molecular complexity index is 552. The first-order valence-electron chi connectivity index (χ1n) is 6.91. The van der Waals surface area contributed by atoms with Gasteiger partial charge in [0.15, 0.2) is 0 Å². The second-order valence-electron chi connectivity index (χ2n) is 5.12. The molecule has 4 nitrogen and oxygen atoms in total. The smallest absolute Gasteiger partial charge is 0.0890 e. The van der Waals surface area contributed by atoms with Crippen LogP contribution in [0.1, 0.15) is 37.3 Å². The average Bonchev–Trinajstić information content (AvgIpc) is 2.97. The molecule has 1 fully saturated rings. The van der Waals surface area contributed by atoms with Crippen LogP contribution in [0.15, 0.2) is 30.6 Å². The zero-order valence-electron chi connectivity index (χ0n) is 11.0. The third-order valence-corrected chi connectivity index (χ3v) is 3.75. The van der Waals surface area contributed by atoms with Crippen molar-refractivity contribution in [2.24, 2.45) is 5.73 Å². The lowest BCUT2D eigenvalue weighted by Gasteiger charge is -2.15. The van der Waals surface area contributed by atoms with Gasteiger partial charge in [0.2, 0.25) is 0 Å². The highest BCUT2D eigenvalue weighted by Crippen LogP contribution is 2.23. The topological polar surface area (TPSA) is 61.0 Å². The van der Waals surface area contributed by atoms with Crippen LogP contribution in [0.4, 0.5) is 0 Å². The molecule has 2 atom stereocenters. The molecule has 1 aliphatic rings. The number of aromatic nitrogens is 2. The SMILES string of the molecule is NC(CCC1CCCO1)c1ccc2nccnc2c1. The van der Waals surface area contributed by atoms with Crippen LogP contribution in [0, 0.1) is 0 Å². The van der Waals surface area contributed by atoms with Gasteiger partial charge in [0.1, 0.15) is 0 Å². The van der Waals surface area contributed by atoms with Gasteiger partial charge in [-0.2, -0.15) is 0 Å². The first-order chi connectivity index (χ1) is 9.33. The van der Waals surface area contributed by atoms with E-state index in [2.05, 4.69) is 16.0 Å². The molecular weight excluding hydrogens is 238 g/mol. The predicted octanol–water partition coefficient (Wildman–Crippen LogP) is 2.59. The Morgan fingerprint density at radius 2 is 2.11 bits per heavy atom. The Balaban J connectivity index is 1.68. The van der Waals surface area contributed by atoms with E-state index in [-0.39, 0.29) is 6.04 Å². The Morgan fingerprint density at radius 1 is 1.26 bits per heavy atom. The van der Waals surface area contributed by atoms with Crippen LogP contribution in [0.25, 0.3) is 11.0 Å². The van der Waals surface area contributed by atoms with Gasteiger partial charge in [0.05, 0.1) is 17.1 Å². The van der Waals surface area contributed by atoms with Crippen molar-refractivity contribution >= 4 is 11.0 Å². The highest BCUT2D eigenvalue weighted by molar-refractivity contribution is 5.74. The van der Waals surface area contributed by atoms with Crippen LogP contribution in [-0.2, 0) is 4.74 Å². The summed E-state index contributed by atoms with van der Waals surface area (Å²) in [5.41, 5.74) is 9.22. The van der Waals surface area contributed by atoms with Crippen LogP contribution in [0.5, 0.6) is 0 Å². The minimum absolute atomic E-state index is 0.0515. The van der Waals surface area contributed by atoms with Crippen molar-refractivity contribution in [3.8, 4) is 0 Å². The van der Waals surface area contributed by atoms with Gasteiger partial charge in [-0.15, -0.1) is 0 Å². The van der Waals surface area contributed by atoms with Gasteiger partial charge in [-0.05, 0) is 43.4 Å². The molecule has 2 unspecified atom stereocenters. The Labute approximate surface area is 113 Å². The number of fused-ring (bicyclic) bond motifs is 1. The zero-order valence-corrected chi connectivity index (χ0v) is 11.0. The number of hydrogen-bond acceptors (Lipinski definition) is 4. The summed E-state index contributed by atoms with van der Waals surface area (Å²) in [4.78, 5) is 8.59. The molecule has 1 aromatic heterocycles. The fraction of sp³-hybridized carbons (Fsp3) is 0.467. The summed E-state index contributed by atoms with van der Waals surface area (Å²) < 4.78 is 5.63. The van der Waals surface area contributed by atoms with E-state index in [0.717, 1.165) is 36.0 Å². The monoisotopic (exact) mass is 257 g/mol. The van der Waals surface area contributed by atoms with E-state index in [1.54, 1.807) is 12.4 Å². The quantitative estimate of drug-likeness (QED) is 0.914. The van der Waals surface area contributed by atoms with Crippen LogP contribution in [0.2, 0.25) is 0 Å². The lowest BCUT2D eigenvalue weighted by molar-refractivity contribution is 0.101. The van der Waals surface area contributed by atoms with Crippen molar-refractivity contribution in [2.45, 2.75) is 37.8 Å². The van der Waals surface area contributed by atoms with Crippen LogP contribution < -0.4 is 5.73 Å². The molecular formula is C15H19N3O. The second-order valence-corrected chi connectivity index (χ2v) is 5.12. The standard InChI is InChI=1S/C15H19N3O/c16-13(5-4-12-2-1-9-19-12)11-3-6-14-15(10-11)18-8-7-17-14/h3,6-8,10,12-13H,1-2,4-5,9,16H2. The van der Waals surface area contributed by atoms with Crippen LogP contribution in [0.3, 0.4) is 0 Å². The Morgan fingerprint density at radius 3 is 2.89 bits per heavy atom. The zero-order chi connectivity index (χ0) is 13.1. The molecule has 0 spiro atoms. The van der Waals surface area contributed by atoms with Gasteiger partial charge in [0, 0.05) is 25.0 Å². The molecule has 0 aliphatic carbocycles. The van der Waals surface area contributed by atoms with Crippen molar-refractivity contribution in [1.29, 1.82) is 0 Å². The van der Waals surface area contributed by atoms with Crippen molar-refractivity contribution < 1.29 is 4.74 Å². The number of nitrogens with zero attached hydrogens (tertiary/aromatic N) is 2. The van der Waals surface area contributed by atoms with Gasteiger partial charge in [-0.3, -0.25) is 9.97 Å². The van der Waals surface area contributed by atoms with E-state index >= 15 is 0 Å². The second kappa shape index (κ2) is 5.63. The molecule has 0 radical (unpaired) electrons. The number of benzene rings is 1. The molecule has 1 aromatic carbocycles. The van der Waals surface area contributed by atoms with Crippen molar-refractivity contribution in [1.82, 2.24) is 9.97 Å². The number of rotatable bonds is 4. The average molecular weight is 257 g/mol. The summed E-state index contributed by atoms with van der Waals surface area (Å²) in [6.07, 6.45) is 8.19. The lowest BCUT2D eigenvalue weighted by atomic mass is 9.99. The van der Waals surface area contributed by atoms with E-state index in [4.69, 9.17) is 10.5 Å². The first-order valence-corrected chi connectivity index (χ1v) is 6.91. The van der Waals surface area contributed by atoms with E-state index in [9.17, 15) is 0 Å². The van der Waals surface area contributed by atoms with Crippen molar-refractivity contribution in [3.63, 3.8) is 0 Å². The molecule has 2 heterocycles. The molecule has 0 amide bonds. The number of nitrogens with two attached hydrogens (primary N) is 1. The maximum atomic E-state index is 6.26. The largest absolute Gasteiger partial charge is 0.378 e. The van der Waals surface area contributed by atoms with Gasteiger partial charge < -0.3 is 10.5 Å². The fourth-order valence-electron chi connectivity index (χ4n) is 2.62. The van der Waals surface area contributed by atoms with Gasteiger partial charge in [-0.25, -0.2) is 0 Å². The Hall–Kier alpha value is -1.52. The van der Waals surface area contributed by atoms with Gasteiger partial charge >= 0.3 is 0 Å². The van der Waals surface area contributed by atoms with Gasteiger partial charge in [0.25, 0.3) is 0 Å². The summed E-state index contributed by atoms with van der Waals surface area (Å²) in [6, 6.07) is 6.14. The molecule has 2 N–H and O–H groups in total. The van der Waals surface area contributed by atoms with Gasteiger partial charge in [-0.1, -0.05) is 6.07 Å². The summed E-state index contributed by atoms with van der Waals surface area (Å²) in [6.45, 7) is 0.908. The molecule has 2 aromatic rings. The summed E-state index contributed by atoms with van der Waals surface area (Å²) in [5.74, 6) is 0. The minimum Gasteiger partial charge on any atom is -0.378 e. The highest BCUT2D eigenvalue weighted by Gasteiger charge is 2.17. The lowest BCUT2D eigenvalue weighted by Crippen LogP contribution is -2.14. The van der Waals surface area contributed by atoms with Crippen molar-refractivity contribution in [3.05, 3.63) is 36.2 Å². The highest BCUT2D eigenvalue weighted by atomic mass is 16.5. The third kappa shape index (κ3) is 2.91.